The van der Waals surface area contributed by atoms with Gasteiger partial charge in [-0.3, -0.25) is 15.5 Å². The summed E-state index contributed by atoms with van der Waals surface area (Å²) < 4.78 is 5.63. The van der Waals surface area contributed by atoms with Gasteiger partial charge < -0.3 is 4.42 Å². The van der Waals surface area contributed by atoms with E-state index in [1.54, 1.807) is 30.3 Å². The minimum Gasteiger partial charge on any atom is -0.455 e. The Morgan fingerprint density at radius 1 is 1.24 bits per heavy atom. The third kappa shape index (κ3) is 3.96. The number of hydrogen-bond acceptors (Lipinski definition) is 6. The quantitative estimate of drug-likeness (QED) is 0.384. The maximum absolute atomic E-state index is 10.9. The van der Waals surface area contributed by atoms with E-state index in [-0.39, 0.29) is 11.5 Å². The van der Waals surface area contributed by atoms with Gasteiger partial charge in [-0.05, 0) is 36.4 Å². The van der Waals surface area contributed by atoms with Crippen LogP contribution < -0.4 is 5.43 Å². The van der Waals surface area contributed by atoms with Gasteiger partial charge in [0.15, 0.2) is 0 Å². The number of aromatic nitrogens is 1. The summed E-state index contributed by atoms with van der Waals surface area (Å²) in [5.41, 5.74) is 3.04. The number of nitrogens with zero attached hydrogens (tertiary/aromatic N) is 3. The predicted molar refractivity (Wildman–Crippen MR) is 96.3 cm³/mol. The third-order valence-corrected chi connectivity index (χ3v) is 3.72. The third-order valence-electron chi connectivity index (χ3n) is 3.17. The Morgan fingerprint density at radius 3 is 2.84 bits per heavy atom. The summed E-state index contributed by atoms with van der Waals surface area (Å²) in [5.74, 6) is 1.02. The smallest absolute Gasteiger partial charge is 0.313 e. The van der Waals surface area contributed by atoms with Crippen LogP contribution in [0.1, 0.15) is 5.76 Å². The average molecular weight is 377 g/mol. The molecular weight excluding hydrogens is 367 g/mol. The van der Waals surface area contributed by atoms with Crippen LogP contribution in [0, 0.1) is 10.1 Å². The van der Waals surface area contributed by atoms with Crippen molar-refractivity contribution in [3.63, 3.8) is 0 Å². The Balaban J connectivity index is 1.76. The van der Waals surface area contributed by atoms with Gasteiger partial charge in [-0.25, -0.2) is 4.98 Å². The lowest BCUT2D eigenvalue weighted by atomic mass is 10.2. The Labute approximate surface area is 152 Å². The molecule has 0 saturated carbocycles. The summed E-state index contributed by atoms with van der Waals surface area (Å²) in [7, 11) is 0. The number of nitro groups is 1. The molecule has 0 aliphatic rings. The van der Waals surface area contributed by atoms with Crippen molar-refractivity contribution in [1.29, 1.82) is 0 Å². The highest BCUT2D eigenvalue weighted by Gasteiger charge is 2.13. The molecule has 2 aromatic heterocycles. The molecule has 3 rings (SSSR count). The second-order valence-corrected chi connectivity index (χ2v) is 5.67. The van der Waals surface area contributed by atoms with E-state index in [0.29, 0.717) is 27.1 Å². The lowest BCUT2D eigenvalue weighted by Crippen LogP contribution is -1.98. The predicted octanol–water partition coefficient (Wildman–Crippen LogP) is 5.00. The first-order chi connectivity index (χ1) is 12.0. The fraction of sp³-hybridized carbons (Fsp3) is 0. The lowest BCUT2D eigenvalue weighted by Gasteiger charge is -2.01. The molecule has 3 aromatic rings. The largest absolute Gasteiger partial charge is 0.455 e. The minimum absolute atomic E-state index is 0.0382. The molecule has 7 nitrogen and oxygen atoms in total. The number of furan rings is 1. The lowest BCUT2D eigenvalue weighted by molar-refractivity contribution is -0.384. The zero-order chi connectivity index (χ0) is 17.8. The van der Waals surface area contributed by atoms with Crippen LogP contribution >= 0.6 is 23.2 Å². The van der Waals surface area contributed by atoms with Gasteiger partial charge in [0.1, 0.15) is 11.5 Å². The average Bonchev–Trinajstić information content (AvgIpc) is 3.03. The summed E-state index contributed by atoms with van der Waals surface area (Å²) >= 11 is 12.0. The summed E-state index contributed by atoms with van der Waals surface area (Å²) in [4.78, 5) is 14.2. The minimum atomic E-state index is -0.543. The SMILES string of the molecule is O=[N+]([O-])c1cccnc1N/N=C/c1ccc(-c2ccc(Cl)cc2Cl)o1. The number of anilines is 1. The first kappa shape index (κ1) is 16.9. The molecule has 0 bridgehead atoms. The van der Waals surface area contributed by atoms with Crippen molar-refractivity contribution < 1.29 is 9.34 Å². The van der Waals surface area contributed by atoms with Crippen molar-refractivity contribution in [3.8, 4) is 11.3 Å². The molecule has 0 amide bonds. The van der Waals surface area contributed by atoms with Gasteiger partial charge in [0, 0.05) is 22.8 Å². The highest BCUT2D eigenvalue weighted by Crippen LogP contribution is 2.31. The van der Waals surface area contributed by atoms with E-state index in [2.05, 4.69) is 15.5 Å². The molecular formula is C16H10Cl2N4O3. The number of hydrogen-bond donors (Lipinski definition) is 1. The van der Waals surface area contributed by atoms with Crippen molar-refractivity contribution in [2.45, 2.75) is 0 Å². The molecule has 0 fully saturated rings. The van der Waals surface area contributed by atoms with Gasteiger partial charge in [0.05, 0.1) is 16.2 Å². The zero-order valence-electron chi connectivity index (χ0n) is 12.5. The highest BCUT2D eigenvalue weighted by molar-refractivity contribution is 6.36. The Morgan fingerprint density at radius 2 is 2.08 bits per heavy atom. The van der Waals surface area contributed by atoms with Crippen LogP contribution in [0.3, 0.4) is 0 Å². The Kier molecular flexibility index (Phi) is 4.97. The van der Waals surface area contributed by atoms with E-state index in [1.807, 2.05) is 0 Å². The molecule has 126 valence electrons. The first-order valence-corrected chi connectivity index (χ1v) is 7.74. The second-order valence-electron chi connectivity index (χ2n) is 4.82. The van der Waals surface area contributed by atoms with E-state index in [4.69, 9.17) is 27.6 Å². The molecule has 25 heavy (non-hydrogen) atoms. The van der Waals surface area contributed by atoms with Crippen LogP contribution in [0.5, 0.6) is 0 Å². The number of nitrogens with one attached hydrogen (secondary N) is 1. The van der Waals surface area contributed by atoms with Gasteiger partial charge in [0.25, 0.3) is 0 Å². The summed E-state index contributed by atoms with van der Waals surface area (Å²) in [6.07, 6.45) is 2.81. The summed E-state index contributed by atoms with van der Waals surface area (Å²) in [6, 6.07) is 11.3. The number of benzene rings is 1. The maximum atomic E-state index is 10.9. The summed E-state index contributed by atoms with van der Waals surface area (Å²) in [6.45, 7) is 0. The Bertz CT molecular complexity index is 956. The van der Waals surface area contributed by atoms with Crippen LogP contribution in [0.15, 0.2) is 58.2 Å². The van der Waals surface area contributed by atoms with E-state index in [1.165, 1.54) is 24.5 Å². The van der Waals surface area contributed by atoms with Crippen molar-refractivity contribution in [1.82, 2.24) is 4.98 Å². The van der Waals surface area contributed by atoms with Crippen LogP contribution in [-0.2, 0) is 0 Å². The number of pyridine rings is 1. The second kappa shape index (κ2) is 7.33. The van der Waals surface area contributed by atoms with Crippen molar-refractivity contribution in [3.05, 3.63) is 74.6 Å². The molecule has 0 spiro atoms. The van der Waals surface area contributed by atoms with Crippen molar-refractivity contribution >= 4 is 40.9 Å². The molecule has 9 heteroatoms. The number of halogens is 2. The topological polar surface area (TPSA) is 93.6 Å². The molecule has 0 saturated heterocycles. The van der Waals surface area contributed by atoms with Gasteiger partial charge >= 0.3 is 5.69 Å². The molecule has 2 heterocycles. The van der Waals surface area contributed by atoms with Crippen molar-refractivity contribution in [2.75, 3.05) is 5.43 Å². The normalized spacial score (nSPS) is 11.0. The standard InChI is InChI=1S/C16H10Cl2N4O3/c17-10-3-5-12(13(18)8-10)15-6-4-11(25-15)9-20-21-16-14(22(23)24)2-1-7-19-16/h1-9H,(H,19,21)/b20-9+. The molecule has 0 unspecified atom stereocenters. The molecule has 1 aromatic carbocycles. The fourth-order valence-corrected chi connectivity index (χ4v) is 2.55. The van der Waals surface area contributed by atoms with E-state index < -0.39 is 4.92 Å². The van der Waals surface area contributed by atoms with E-state index in [0.717, 1.165) is 0 Å². The number of hydrazone groups is 1. The van der Waals surface area contributed by atoms with Crippen molar-refractivity contribution in [2.24, 2.45) is 5.10 Å². The van der Waals surface area contributed by atoms with Crippen LogP contribution in [0.25, 0.3) is 11.3 Å². The first-order valence-electron chi connectivity index (χ1n) is 6.98. The van der Waals surface area contributed by atoms with E-state index >= 15 is 0 Å². The molecule has 0 aliphatic carbocycles. The molecule has 0 atom stereocenters. The molecule has 0 aliphatic heterocycles. The maximum Gasteiger partial charge on any atom is 0.313 e. The molecule has 1 N–H and O–H groups in total. The van der Waals surface area contributed by atoms with Gasteiger partial charge in [-0.1, -0.05) is 23.2 Å². The zero-order valence-corrected chi connectivity index (χ0v) is 14.0. The van der Waals surface area contributed by atoms with Gasteiger partial charge in [-0.2, -0.15) is 5.10 Å². The van der Waals surface area contributed by atoms with Crippen LogP contribution in [-0.4, -0.2) is 16.1 Å². The van der Waals surface area contributed by atoms with Gasteiger partial charge in [-0.15, -0.1) is 0 Å². The fourth-order valence-electron chi connectivity index (χ4n) is 2.04. The molecule has 0 radical (unpaired) electrons. The Hall–Kier alpha value is -2.90. The van der Waals surface area contributed by atoms with Gasteiger partial charge in [0.2, 0.25) is 5.82 Å². The van der Waals surface area contributed by atoms with E-state index in [9.17, 15) is 10.1 Å². The summed E-state index contributed by atoms with van der Waals surface area (Å²) in [5, 5.41) is 15.8. The van der Waals surface area contributed by atoms with Crippen LogP contribution in [0.4, 0.5) is 11.5 Å². The number of rotatable bonds is 5. The van der Waals surface area contributed by atoms with Crippen LogP contribution in [0.2, 0.25) is 10.0 Å². The monoisotopic (exact) mass is 376 g/mol. The highest BCUT2D eigenvalue weighted by atomic mass is 35.5.